The fraction of sp³-hybridized carbons (Fsp3) is 0.538. The number of nitrogens with one attached hydrogen (secondary N) is 1. The maximum Gasteiger partial charge on any atom is 0.0205 e. The first-order valence-corrected chi connectivity index (χ1v) is 5.53. The first-order valence-electron chi connectivity index (χ1n) is 5.53. The van der Waals surface area contributed by atoms with Crippen LogP contribution < -0.4 is 5.32 Å². The van der Waals surface area contributed by atoms with Gasteiger partial charge in [0.2, 0.25) is 0 Å². The van der Waals surface area contributed by atoms with Crippen LogP contribution in [-0.2, 0) is 6.54 Å². The molecule has 1 rings (SSSR count). The number of hydrogen-bond acceptors (Lipinski definition) is 1. The molecule has 1 nitrogen and oxygen atoms in total. The van der Waals surface area contributed by atoms with Gasteiger partial charge in [0.15, 0.2) is 0 Å². The molecule has 0 unspecified atom stereocenters. The third kappa shape index (κ3) is 5.19. The smallest absolute Gasteiger partial charge is 0.0205 e. The van der Waals surface area contributed by atoms with Gasteiger partial charge < -0.3 is 5.32 Å². The molecule has 1 aromatic carbocycles. The Bertz CT molecular complexity index is 254. The van der Waals surface area contributed by atoms with Crippen molar-refractivity contribution in [3.8, 4) is 0 Å². The highest BCUT2D eigenvalue weighted by atomic mass is 35.5. The molecule has 0 saturated carbocycles. The predicted molar refractivity (Wildman–Crippen MR) is 69.8 cm³/mol. The normalized spacial score (nSPS) is 10.1. The van der Waals surface area contributed by atoms with Crippen LogP contribution in [0, 0.1) is 0 Å². The molecule has 0 aliphatic carbocycles. The molecule has 2 heteroatoms. The first kappa shape index (κ1) is 14.5. The summed E-state index contributed by atoms with van der Waals surface area (Å²) >= 11 is 0. The molecular formula is C13H22ClN. The quantitative estimate of drug-likeness (QED) is 0.756. The molecule has 0 bridgehead atoms. The second-order valence-electron chi connectivity index (χ2n) is 4.07. The maximum absolute atomic E-state index is 3.40. The van der Waals surface area contributed by atoms with Crippen molar-refractivity contribution >= 4 is 12.4 Å². The van der Waals surface area contributed by atoms with Crippen LogP contribution in [0.25, 0.3) is 0 Å². The molecule has 1 aromatic rings. The summed E-state index contributed by atoms with van der Waals surface area (Å²) in [5, 5.41) is 3.40. The van der Waals surface area contributed by atoms with Crippen LogP contribution >= 0.6 is 12.4 Å². The van der Waals surface area contributed by atoms with Crippen molar-refractivity contribution in [1.29, 1.82) is 0 Å². The Morgan fingerprint density at radius 3 is 2.20 bits per heavy atom. The van der Waals surface area contributed by atoms with Gasteiger partial charge in [-0.2, -0.15) is 0 Å². The Labute approximate surface area is 99.7 Å². The van der Waals surface area contributed by atoms with Crippen molar-refractivity contribution in [2.75, 3.05) is 6.54 Å². The van der Waals surface area contributed by atoms with Gasteiger partial charge in [-0.1, -0.05) is 45.0 Å². The molecule has 0 aromatic heterocycles. The van der Waals surface area contributed by atoms with Gasteiger partial charge in [-0.05, 0) is 30.0 Å². The van der Waals surface area contributed by atoms with Crippen molar-refractivity contribution in [3.63, 3.8) is 0 Å². The van der Waals surface area contributed by atoms with E-state index in [1.807, 2.05) is 0 Å². The third-order valence-corrected chi connectivity index (χ3v) is 2.40. The monoisotopic (exact) mass is 227 g/mol. The molecule has 0 fully saturated rings. The van der Waals surface area contributed by atoms with Gasteiger partial charge in [0.05, 0.1) is 0 Å². The summed E-state index contributed by atoms with van der Waals surface area (Å²) in [4.78, 5) is 0. The third-order valence-electron chi connectivity index (χ3n) is 2.40. The van der Waals surface area contributed by atoms with Crippen LogP contribution in [0.5, 0.6) is 0 Å². The summed E-state index contributed by atoms with van der Waals surface area (Å²) in [6.07, 6.45) is 1.20. The van der Waals surface area contributed by atoms with Crippen molar-refractivity contribution in [3.05, 3.63) is 35.4 Å². The molecule has 1 N–H and O–H groups in total. The van der Waals surface area contributed by atoms with Gasteiger partial charge in [-0.25, -0.2) is 0 Å². The zero-order chi connectivity index (χ0) is 10.4. The van der Waals surface area contributed by atoms with Crippen LogP contribution in [-0.4, -0.2) is 6.54 Å². The number of hydrogen-bond donors (Lipinski definition) is 1. The number of halogens is 1. The van der Waals surface area contributed by atoms with Gasteiger partial charge in [0.25, 0.3) is 0 Å². The van der Waals surface area contributed by atoms with Gasteiger partial charge in [-0.15, -0.1) is 12.4 Å². The summed E-state index contributed by atoms with van der Waals surface area (Å²) in [5.74, 6) is 0.632. The van der Waals surface area contributed by atoms with Crippen LogP contribution in [0.2, 0.25) is 0 Å². The van der Waals surface area contributed by atoms with Crippen LogP contribution in [0.4, 0.5) is 0 Å². The summed E-state index contributed by atoms with van der Waals surface area (Å²) in [5.41, 5.74) is 2.80. The van der Waals surface area contributed by atoms with Gasteiger partial charge in [0, 0.05) is 6.54 Å². The fourth-order valence-electron chi connectivity index (χ4n) is 1.43. The Morgan fingerprint density at radius 2 is 1.73 bits per heavy atom. The van der Waals surface area contributed by atoms with Gasteiger partial charge in [-0.3, -0.25) is 0 Å². The van der Waals surface area contributed by atoms with E-state index in [9.17, 15) is 0 Å². The number of benzene rings is 1. The molecule has 0 radical (unpaired) electrons. The molecule has 0 spiro atoms. The van der Waals surface area contributed by atoms with E-state index in [0.717, 1.165) is 13.1 Å². The summed E-state index contributed by atoms with van der Waals surface area (Å²) < 4.78 is 0. The Morgan fingerprint density at radius 1 is 1.13 bits per heavy atom. The standard InChI is InChI=1S/C13H21N.ClH/c1-4-9-14-10-12-5-7-13(8-6-12)11(2)3;/h5-8,11,14H,4,9-10H2,1-3H3;1H. The van der Waals surface area contributed by atoms with E-state index in [1.165, 1.54) is 17.5 Å². The second-order valence-corrected chi connectivity index (χ2v) is 4.07. The average Bonchev–Trinajstić information content (AvgIpc) is 2.19. The molecular weight excluding hydrogens is 206 g/mol. The molecule has 0 amide bonds. The van der Waals surface area contributed by atoms with E-state index in [-0.39, 0.29) is 12.4 Å². The Kier molecular flexibility index (Phi) is 7.45. The highest BCUT2D eigenvalue weighted by Gasteiger charge is 1.98. The second kappa shape index (κ2) is 7.72. The van der Waals surface area contributed by atoms with E-state index < -0.39 is 0 Å². The van der Waals surface area contributed by atoms with E-state index in [2.05, 4.69) is 50.4 Å². The SMILES string of the molecule is CCCNCc1ccc(C(C)C)cc1.Cl. The lowest BCUT2D eigenvalue weighted by molar-refractivity contribution is 0.675. The lowest BCUT2D eigenvalue weighted by atomic mass is 10.0. The topological polar surface area (TPSA) is 12.0 Å². The maximum atomic E-state index is 3.40. The predicted octanol–water partition coefficient (Wildman–Crippen LogP) is 3.73. The fourth-order valence-corrected chi connectivity index (χ4v) is 1.43. The minimum Gasteiger partial charge on any atom is -0.313 e. The molecule has 0 aliphatic heterocycles. The van der Waals surface area contributed by atoms with E-state index >= 15 is 0 Å². The highest BCUT2D eigenvalue weighted by molar-refractivity contribution is 5.85. The lowest BCUT2D eigenvalue weighted by Gasteiger charge is -2.07. The van der Waals surface area contributed by atoms with Crippen molar-refractivity contribution < 1.29 is 0 Å². The molecule has 0 aliphatic rings. The van der Waals surface area contributed by atoms with Crippen LogP contribution in [0.1, 0.15) is 44.2 Å². The molecule has 0 saturated heterocycles. The minimum atomic E-state index is 0. The molecule has 15 heavy (non-hydrogen) atoms. The van der Waals surface area contributed by atoms with Crippen LogP contribution in [0.15, 0.2) is 24.3 Å². The van der Waals surface area contributed by atoms with E-state index in [4.69, 9.17) is 0 Å². The zero-order valence-electron chi connectivity index (χ0n) is 9.92. The minimum absolute atomic E-state index is 0. The van der Waals surface area contributed by atoms with E-state index in [1.54, 1.807) is 0 Å². The van der Waals surface area contributed by atoms with E-state index in [0.29, 0.717) is 5.92 Å². The summed E-state index contributed by atoms with van der Waals surface area (Å²) in [6.45, 7) is 8.74. The molecule has 86 valence electrons. The van der Waals surface area contributed by atoms with Crippen molar-refractivity contribution in [2.24, 2.45) is 0 Å². The van der Waals surface area contributed by atoms with Gasteiger partial charge in [0.1, 0.15) is 0 Å². The average molecular weight is 228 g/mol. The molecule has 0 heterocycles. The highest BCUT2D eigenvalue weighted by Crippen LogP contribution is 2.14. The Balaban J connectivity index is 0.00000196. The molecule has 0 atom stereocenters. The largest absolute Gasteiger partial charge is 0.313 e. The van der Waals surface area contributed by atoms with Gasteiger partial charge >= 0.3 is 0 Å². The summed E-state index contributed by atoms with van der Waals surface area (Å²) in [6, 6.07) is 8.90. The zero-order valence-corrected chi connectivity index (χ0v) is 10.7. The lowest BCUT2D eigenvalue weighted by Crippen LogP contribution is -2.13. The Hall–Kier alpha value is -0.530. The summed E-state index contributed by atoms with van der Waals surface area (Å²) in [7, 11) is 0. The van der Waals surface area contributed by atoms with Crippen molar-refractivity contribution in [1.82, 2.24) is 5.32 Å². The number of rotatable bonds is 5. The van der Waals surface area contributed by atoms with Crippen molar-refractivity contribution in [2.45, 2.75) is 39.7 Å². The first-order chi connectivity index (χ1) is 6.74. The van der Waals surface area contributed by atoms with Crippen LogP contribution in [0.3, 0.4) is 0 Å².